The molecule has 4 heteroatoms. The van der Waals surface area contributed by atoms with Crippen molar-refractivity contribution >= 4 is 11.6 Å². The molecule has 3 nitrogen and oxygen atoms in total. The zero-order valence-electron chi connectivity index (χ0n) is 7.91. The molecule has 0 unspecified atom stereocenters. The van der Waals surface area contributed by atoms with E-state index in [1.165, 1.54) is 0 Å². The summed E-state index contributed by atoms with van der Waals surface area (Å²) in [5, 5.41) is 0.412. The molecule has 0 atom stereocenters. The van der Waals surface area contributed by atoms with E-state index in [0.717, 1.165) is 17.0 Å². The van der Waals surface area contributed by atoms with Crippen molar-refractivity contribution in [2.24, 2.45) is 0 Å². The van der Waals surface area contributed by atoms with E-state index in [4.69, 9.17) is 16.0 Å². The van der Waals surface area contributed by atoms with E-state index in [9.17, 15) is 0 Å². The van der Waals surface area contributed by atoms with E-state index in [0.29, 0.717) is 10.8 Å². The SMILES string of the molecule is Cc1nc(Cl)c(-c2ccoc2)nc1C. The third kappa shape index (κ3) is 1.51. The van der Waals surface area contributed by atoms with Gasteiger partial charge in [0.25, 0.3) is 0 Å². The van der Waals surface area contributed by atoms with Gasteiger partial charge in [0.05, 0.1) is 23.9 Å². The van der Waals surface area contributed by atoms with Gasteiger partial charge in [0.15, 0.2) is 5.15 Å². The number of hydrogen-bond acceptors (Lipinski definition) is 3. The third-order valence-electron chi connectivity index (χ3n) is 2.06. The van der Waals surface area contributed by atoms with Crippen LogP contribution in [0.1, 0.15) is 11.4 Å². The summed E-state index contributed by atoms with van der Waals surface area (Å²) < 4.78 is 4.97. The number of rotatable bonds is 1. The number of nitrogens with zero attached hydrogens (tertiary/aromatic N) is 2. The molecular weight excluding hydrogens is 200 g/mol. The summed E-state index contributed by atoms with van der Waals surface area (Å²) >= 11 is 5.98. The van der Waals surface area contributed by atoms with Gasteiger partial charge in [-0.2, -0.15) is 0 Å². The average Bonchev–Trinajstić information content (AvgIpc) is 2.64. The molecule has 72 valence electrons. The van der Waals surface area contributed by atoms with Crippen molar-refractivity contribution in [2.75, 3.05) is 0 Å². The predicted octanol–water partition coefficient (Wildman–Crippen LogP) is 3.01. The van der Waals surface area contributed by atoms with E-state index >= 15 is 0 Å². The van der Waals surface area contributed by atoms with Gasteiger partial charge in [0.2, 0.25) is 0 Å². The van der Waals surface area contributed by atoms with Crippen LogP contribution in [0, 0.1) is 13.8 Å². The molecular formula is C10H9ClN2O. The fourth-order valence-corrected chi connectivity index (χ4v) is 1.44. The highest BCUT2D eigenvalue weighted by atomic mass is 35.5. The maximum absolute atomic E-state index is 5.98. The van der Waals surface area contributed by atoms with Gasteiger partial charge in [0.1, 0.15) is 5.69 Å². The summed E-state index contributed by atoms with van der Waals surface area (Å²) in [6, 6.07) is 1.81. The van der Waals surface area contributed by atoms with Crippen LogP contribution < -0.4 is 0 Å². The quantitative estimate of drug-likeness (QED) is 0.723. The van der Waals surface area contributed by atoms with Crippen LogP contribution in [0.25, 0.3) is 11.3 Å². The van der Waals surface area contributed by atoms with E-state index in [2.05, 4.69) is 9.97 Å². The number of aryl methyl sites for hydroxylation is 2. The first kappa shape index (κ1) is 9.21. The molecule has 0 saturated carbocycles. The Labute approximate surface area is 86.8 Å². The van der Waals surface area contributed by atoms with E-state index in [1.807, 2.05) is 19.9 Å². The molecule has 0 aliphatic carbocycles. The monoisotopic (exact) mass is 208 g/mol. The van der Waals surface area contributed by atoms with Crippen molar-refractivity contribution < 1.29 is 4.42 Å². The topological polar surface area (TPSA) is 38.9 Å². The Kier molecular flexibility index (Phi) is 2.25. The Morgan fingerprint density at radius 1 is 1.21 bits per heavy atom. The molecule has 0 N–H and O–H groups in total. The number of hydrogen-bond donors (Lipinski definition) is 0. The van der Waals surface area contributed by atoms with Crippen LogP contribution >= 0.6 is 11.6 Å². The highest BCUT2D eigenvalue weighted by molar-refractivity contribution is 6.31. The third-order valence-corrected chi connectivity index (χ3v) is 2.32. The molecule has 2 aromatic heterocycles. The maximum atomic E-state index is 5.98. The van der Waals surface area contributed by atoms with Crippen LogP contribution in [0.15, 0.2) is 23.0 Å². The van der Waals surface area contributed by atoms with Crippen molar-refractivity contribution in [3.05, 3.63) is 35.1 Å². The summed E-state index contributed by atoms with van der Waals surface area (Å²) in [5.74, 6) is 0. The van der Waals surface area contributed by atoms with Crippen LogP contribution in [0.2, 0.25) is 5.15 Å². The van der Waals surface area contributed by atoms with Crippen molar-refractivity contribution in [1.82, 2.24) is 9.97 Å². The van der Waals surface area contributed by atoms with Gasteiger partial charge in [-0.25, -0.2) is 9.97 Å². The highest BCUT2D eigenvalue weighted by Crippen LogP contribution is 2.25. The molecule has 2 aromatic rings. The number of furan rings is 1. The Morgan fingerprint density at radius 3 is 2.57 bits per heavy atom. The van der Waals surface area contributed by atoms with E-state index < -0.39 is 0 Å². The first-order chi connectivity index (χ1) is 6.68. The molecule has 14 heavy (non-hydrogen) atoms. The molecule has 0 aliphatic rings. The lowest BCUT2D eigenvalue weighted by atomic mass is 10.2. The fourth-order valence-electron chi connectivity index (χ4n) is 1.16. The average molecular weight is 209 g/mol. The van der Waals surface area contributed by atoms with Crippen LogP contribution in [0.4, 0.5) is 0 Å². The van der Waals surface area contributed by atoms with Gasteiger partial charge in [-0.05, 0) is 19.9 Å². The second-order valence-electron chi connectivity index (χ2n) is 3.05. The lowest BCUT2D eigenvalue weighted by molar-refractivity contribution is 0.568. The summed E-state index contributed by atoms with van der Waals surface area (Å²) in [4.78, 5) is 8.55. The Morgan fingerprint density at radius 2 is 1.93 bits per heavy atom. The Balaban J connectivity index is 2.60. The van der Waals surface area contributed by atoms with Gasteiger partial charge >= 0.3 is 0 Å². The fraction of sp³-hybridized carbons (Fsp3) is 0.200. The predicted molar refractivity (Wildman–Crippen MR) is 54.2 cm³/mol. The normalized spacial score (nSPS) is 10.5. The van der Waals surface area contributed by atoms with Crippen LogP contribution in [-0.2, 0) is 0 Å². The largest absolute Gasteiger partial charge is 0.472 e. The van der Waals surface area contributed by atoms with Gasteiger partial charge < -0.3 is 4.42 Å². The second kappa shape index (κ2) is 3.42. The zero-order valence-corrected chi connectivity index (χ0v) is 8.67. The number of aromatic nitrogens is 2. The molecule has 2 heterocycles. The van der Waals surface area contributed by atoms with Crippen molar-refractivity contribution in [2.45, 2.75) is 13.8 Å². The molecule has 0 radical (unpaired) electrons. The highest BCUT2D eigenvalue weighted by Gasteiger charge is 2.09. The first-order valence-corrected chi connectivity index (χ1v) is 4.59. The molecule has 0 fully saturated rings. The van der Waals surface area contributed by atoms with Gasteiger partial charge in [-0.15, -0.1) is 0 Å². The van der Waals surface area contributed by atoms with Crippen LogP contribution in [0.3, 0.4) is 0 Å². The van der Waals surface area contributed by atoms with Gasteiger partial charge in [0, 0.05) is 5.56 Å². The standard InChI is InChI=1S/C10H9ClN2O/c1-6-7(2)13-10(11)9(12-6)8-3-4-14-5-8/h3-5H,1-2H3. The summed E-state index contributed by atoms with van der Waals surface area (Å²) in [7, 11) is 0. The molecule has 0 amide bonds. The minimum absolute atomic E-state index is 0.412. The van der Waals surface area contributed by atoms with E-state index in [-0.39, 0.29) is 0 Å². The summed E-state index contributed by atoms with van der Waals surface area (Å²) in [5.41, 5.74) is 3.25. The number of halogens is 1. The molecule has 0 spiro atoms. The van der Waals surface area contributed by atoms with Crippen LogP contribution in [0.5, 0.6) is 0 Å². The van der Waals surface area contributed by atoms with Crippen molar-refractivity contribution in [1.29, 1.82) is 0 Å². The summed E-state index contributed by atoms with van der Waals surface area (Å²) in [6.07, 6.45) is 3.19. The maximum Gasteiger partial charge on any atom is 0.155 e. The molecule has 2 rings (SSSR count). The Bertz CT molecular complexity index is 451. The first-order valence-electron chi connectivity index (χ1n) is 4.22. The second-order valence-corrected chi connectivity index (χ2v) is 3.40. The van der Waals surface area contributed by atoms with Gasteiger partial charge in [-0.1, -0.05) is 11.6 Å². The summed E-state index contributed by atoms with van der Waals surface area (Å²) in [6.45, 7) is 3.79. The minimum Gasteiger partial charge on any atom is -0.472 e. The molecule has 0 bridgehead atoms. The molecule has 0 saturated heterocycles. The lowest BCUT2D eigenvalue weighted by Crippen LogP contribution is -1.95. The molecule has 0 aromatic carbocycles. The van der Waals surface area contributed by atoms with E-state index in [1.54, 1.807) is 12.5 Å². The smallest absolute Gasteiger partial charge is 0.155 e. The minimum atomic E-state index is 0.412. The molecule has 0 aliphatic heterocycles. The Hall–Kier alpha value is -1.35. The van der Waals surface area contributed by atoms with Crippen LogP contribution in [-0.4, -0.2) is 9.97 Å². The van der Waals surface area contributed by atoms with Crippen molar-refractivity contribution in [3.8, 4) is 11.3 Å². The zero-order chi connectivity index (χ0) is 10.1. The van der Waals surface area contributed by atoms with Gasteiger partial charge in [-0.3, -0.25) is 0 Å². The van der Waals surface area contributed by atoms with Crippen molar-refractivity contribution in [3.63, 3.8) is 0 Å². The lowest BCUT2D eigenvalue weighted by Gasteiger charge is -2.03.